The third-order valence-electron chi connectivity index (χ3n) is 5.56. The fourth-order valence-electron chi connectivity index (χ4n) is 3.40. The van der Waals surface area contributed by atoms with Gasteiger partial charge in [-0.05, 0) is 41.0 Å². The molecular weight excluding hydrogens is 536 g/mol. The maximum Gasteiger partial charge on any atom is 0.244 e. The Bertz CT molecular complexity index is 1420. The third-order valence-corrected chi connectivity index (χ3v) is 8.41. The Kier molecular flexibility index (Phi) is 7.42. The summed E-state index contributed by atoms with van der Waals surface area (Å²) in [5.41, 5.74) is 0.872. The van der Waals surface area contributed by atoms with Crippen LogP contribution in [0.5, 0.6) is 0 Å². The molecule has 0 saturated carbocycles. The summed E-state index contributed by atoms with van der Waals surface area (Å²) >= 11 is 4.62. The van der Waals surface area contributed by atoms with Crippen molar-refractivity contribution in [1.82, 2.24) is 14.9 Å². The minimum atomic E-state index is -3.93. The molecule has 0 fully saturated rings. The van der Waals surface area contributed by atoms with Crippen LogP contribution in [-0.2, 0) is 14.8 Å². The van der Waals surface area contributed by atoms with E-state index in [2.05, 4.69) is 36.2 Å². The number of carbonyl (C=O) groups excluding carboxylic acids is 1. The molecule has 3 aromatic carbocycles. The van der Waals surface area contributed by atoms with Crippen molar-refractivity contribution in [2.24, 2.45) is 5.92 Å². The van der Waals surface area contributed by atoms with Gasteiger partial charge < -0.3 is 0 Å². The van der Waals surface area contributed by atoms with Crippen molar-refractivity contribution in [3.8, 4) is 10.6 Å². The average Bonchev–Trinajstić information content (AvgIpc) is 3.30. The smallest absolute Gasteiger partial charge is 0.244 e. The summed E-state index contributed by atoms with van der Waals surface area (Å²) in [4.78, 5) is 13.2. The van der Waals surface area contributed by atoms with Crippen LogP contribution in [0.2, 0.25) is 0 Å². The van der Waals surface area contributed by atoms with E-state index in [4.69, 9.17) is 0 Å². The van der Waals surface area contributed by atoms with Gasteiger partial charge in [0.1, 0.15) is 11.0 Å². The number of halogens is 1. The van der Waals surface area contributed by atoms with E-state index in [0.717, 1.165) is 20.8 Å². The van der Waals surface area contributed by atoms with Crippen LogP contribution < -0.4 is 10.0 Å². The molecule has 0 bridgehead atoms. The highest BCUT2D eigenvalue weighted by molar-refractivity contribution is 9.10. The number of nitrogens with one attached hydrogen (secondary N) is 2. The Morgan fingerprint density at radius 1 is 1.03 bits per heavy atom. The van der Waals surface area contributed by atoms with Crippen molar-refractivity contribution in [3.05, 3.63) is 71.2 Å². The second kappa shape index (κ2) is 10.3. The fraction of sp³-hybridized carbons (Fsp3) is 0.208. The number of amides is 1. The predicted octanol–water partition coefficient (Wildman–Crippen LogP) is 5.45. The average molecular weight is 560 g/mol. The van der Waals surface area contributed by atoms with Crippen LogP contribution in [0, 0.1) is 5.92 Å². The number of anilines is 1. The Morgan fingerprint density at radius 2 is 1.74 bits per heavy atom. The van der Waals surface area contributed by atoms with E-state index >= 15 is 0 Å². The number of carbonyl (C=O) groups is 1. The standard InChI is InChI=1S/C24H23BrN4O3S2/c1-3-15(2)21(29-34(31,32)20-13-10-16-6-4-5-7-18(16)14-20)22(30)26-24-28-27-23(33-24)17-8-11-19(25)12-9-17/h4-15,21,29H,3H2,1-2H3,(H,26,28,30). The van der Waals surface area contributed by atoms with Crippen LogP contribution in [0.25, 0.3) is 21.3 Å². The van der Waals surface area contributed by atoms with Gasteiger partial charge in [0.25, 0.3) is 0 Å². The van der Waals surface area contributed by atoms with E-state index in [0.29, 0.717) is 16.6 Å². The summed E-state index contributed by atoms with van der Waals surface area (Å²) in [6.45, 7) is 3.74. The zero-order valence-corrected chi connectivity index (χ0v) is 21.7. The van der Waals surface area contributed by atoms with Gasteiger partial charge in [-0.1, -0.05) is 90.0 Å². The number of aromatic nitrogens is 2. The summed E-state index contributed by atoms with van der Waals surface area (Å²) < 4.78 is 29.9. The zero-order chi connectivity index (χ0) is 24.3. The SMILES string of the molecule is CCC(C)C(NS(=O)(=O)c1ccc2ccccc2c1)C(=O)Nc1nnc(-c2ccc(Br)cc2)s1. The van der Waals surface area contributed by atoms with E-state index < -0.39 is 22.0 Å². The molecule has 7 nitrogen and oxygen atoms in total. The minimum Gasteiger partial charge on any atom is -0.299 e. The van der Waals surface area contributed by atoms with E-state index in [9.17, 15) is 13.2 Å². The minimum absolute atomic E-state index is 0.112. The molecule has 0 aliphatic carbocycles. The molecule has 176 valence electrons. The largest absolute Gasteiger partial charge is 0.299 e. The number of nitrogens with zero attached hydrogens (tertiary/aromatic N) is 2. The van der Waals surface area contributed by atoms with Gasteiger partial charge in [0.05, 0.1) is 4.90 Å². The molecule has 0 aliphatic heterocycles. The van der Waals surface area contributed by atoms with Gasteiger partial charge in [0, 0.05) is 10.0 Å². The van der Waals surface area contributed by atoms with Gasteiger partial charge in [-0.3, -0.25) is 10.1 Å². The zero-order valence-electron chi connectivity index (χ0n) is 18.5. The molecule has 0 aliphatic rings. The van der Waals surface area contributed by atoms with Crippen molar-refractivity contribution >= 4 is 59.1 Å². The third kappa shape index (κ3) is 5.52. The van der Waals surface area contributed by atoms with Crippen molar-refractivity contribution in [1.29, 1.82) is 0 Å². The van der Waals surface area contributed by atoms with Crippen LogP contribution in [-0.4, -0.2) is 30.6 Å². The number of benzene rings is 3. The molecule has 4 rings (SSSR count). The Morgan fingerprint density at radius 3 is 2.44 bits per heavy atom. The molecule has 2 unspecified atom stereocenters. The normalized spacial score (nSPS) is 13.5. The Balaban J connectivity index is 1.54. The lowest BCUT2D eigenvalue weighted by atomic mass is 9.99. The first-order chi connectivity index (χ1) is 16.3. The van der Waals surface area contributed by atoms with Crippen molar-refractivity contribution < 1.29 is 13.2 Å². The van der Waals surface area contributed by atoms with Crippen LogP contribution in [0.1, 0.15) is 20.3 Å². The molecule has 2 atom stereocenters. The van der Waals surface area contributed by atoms with Gasteiger partial charge in [0.15, 0.2) is 0 Å². The van der Waals surface area contributed by atoms with E-state index in [1.807, 2.05) is 62.4 Å². The molecule has 34 heavy (non-hydrogen) atoms. The highest BCUT2D eigenvalue weighted by Gasteiger charge is 2.30. The van der Waals surface area contributed by atoms with E-state index in [-0.39, 0.29) is 10.8 Å². The first kappa shape index (κ1) is 24.5. The van der Waals surface area contributed by atoms with Crippen LogP contribution >= 0.6 is 27.3 Å². The first-order valence-corrected chi connectivity index (χ1v) is 13.8. The van der Waals surface area contributed by atoms with E-state index in [1.54, 1.807) is 18.2 Å². The molecule has 1 heterocycles. The summed E-state index contributed by atoms with van der Waals surface area (Å²) in [6.07, 6.45) is 0.610. The predicted molar refractivity (Wildman–Crippen MR) is 139 cm³/mol. The van der Waals surface area contributed by atoms with Crippen LogP contribution in [0.4, 0.5) is 5.13 Å². The molecular formula is C24H23BrN4O3S2. The highest BCUT2D eigenvalue weighted by atomic mass is 79.9. The quantitative estimate of drug-likeness (QED) is 0.299. The molecule has 1 aromatic heterocycles. The summed E-state index contributed by atoms with van der Waals surface area (Å²) in [7, 11) is -3.93. The Labute approximate surface area is 210 Å². The lowest BCUT2D eigenvalue weighted by Gasteiger charge is -2.23. The second-order valence-corrected chi connectivity index (χ2v) is 11.5. The highest BCUT2D eigenvalue weighted by Crippen LogP contribution is 2.28. The van der Waals surface area contributed by atoms with Gasteiger partial charge in [-0.25, -0.2) is 8.42 Å². The molecule has 2 N–H and O–H groups in total. The van der Waals surface area contributed by atoms with Crippen LogP contribution in [0.15, 0.2) is 76.1 Å². The lowest BCUT2D eigenvalue weighted by Crippen LogP contribution is -2.47. The molecule has 0 saturated heterocycles. The van der Waals surface area contributed by atoms with Crippen LogP contribution in [0.3, 0.4) is 0 Å². The molecule has 1 amide bonds. The monoisotopic (exact) mass is 558 g/mol. The lowest BCUT2D eigenvalue weighted by molar-refractivity contribution is -0.118. The molecule has 0 radical (unpaired) electrons. The van der Waals surface area contributed by atoms with E-state index in [1.165, 1.54) is 11.3 Å². The number of hydrogen-bond acceptors (Lipinski definition) is 6. The maximum absolute atomic E-state index is 13.2. The number of hydrogen-bond donors (Lipinski definition) is 2. The second-order valence-electron chi connectivity index (χ2n) is 7.90. The topological polar surface area (TPSA) is 101 Å². The summed E-state index contributed by atoms with van der Waals surface area (Å²) in [5.74, 6) is -0.716. The first-order valence-electron chi connectivity index (χ1n) is 10.7. The fourth-order valence-corrected chi connectivity index (χ4v) is 5.75. The molecule has 10 heteroatoms. The summed E-state index contributed by atoms with van der Waals surface area (Å²) in [6, 6.07) is 19.1. The van der Waals surface area contributed by atoms with Gasteiger partial charge in [-0.15, -0.1) is 10.2 Å². The van der Waals surface area contributed by atoms with Crippen molar-refractivity contribution in [2.45, 2.75) is 31.2 Å². The molecule has 4 aromatic rings. The van der Waals surface area contributed by atoms with Gasteiger partial charge in [-0.2, -0.15) is 4.72 Å². The van der Waals surface area contributed by atoms with Gasteiger partial charge >= 0.3 is 0 Å². The van der Waals surface area contributed by atoms with Crippen molar-refractivity contribution in [2.75, 3.05) is 5.32 Å². The number of sulfonamides is 1. The number of fused-ring (bicyclic) bond motifs is 1. The van der Waals surface area contributed by atoms with Crippen molar-refractivity contribution in [3.63, 3.8) is 0 Å². The Hall–Kier alpha value is -2.66. The summed E-state index contributed by atoms with van der Waals surface area (Å²) in [5, 5.41) is 13.6. The molecule has 0 spiro atoms. The number of rotatable bonds is 8. The van der Waals surface area contributed by atoms with Gasteiger partial charge in [0.2, 0.25) is 21.1 Å². The maximum atomic E-state index is 13.2.